The molecule has 1 aromatic heterocycles. The fourth-order valence-corrected chi connectivity index (χ4v) is 1.89. The second-order valence-corrected chi connectivity index (χ2v) is 3.95. The van der Waals surface area contributed by atoms with Crippen LogP contribution in [0.4, 0.5) is 5.95 Å². The van der Waals surface area contributed by atoms with Crippen molar-refractivity contribution in [1.29, 1.82) is 0 Å². The minimum atomic E-state index is 0.296. The van der Waals surface area contributed by atoms with Gasteiger partial charge in [0.1, 0.15) is 0 Å². The van der Waals surface area contributed by atoms with Crippen LogP contribution in [0.25, 0.3) is 0 Å². The van der Waals surface area contributed by atoms with Crippen molar-refractivity contribution in [2.75, 3.05) is 12.4 Å². The molecule has 16 heavy (non-hydrogen) atoms. The highest BCUT2D eigenvalue weighted by Gasteiger charge is 2.11. The van der Waals surface area contributed by atoms with Gasteiger partial charge in [-0.1, -0.05) is 30.3 Å². The highest BCUT2D eigenvalue weighted by atomic mass is 15.2. The Hall–Kier alpha value is -1.77. The van der Waals surface area contributed by atoms with Gasteiger partial charge < -0.3 is 9.88 Å². The van der Waals surface area contributed by atoms with Crippen LogP contribution in [0.2, 0.25) is 0 Å². The van der Waals surface area contributed by atoms with Crippen molar-refractivity contribution in [3.8, 4) is 0 Å². The van der Waals surface area contributed by atoms with Gasteiger partial charge >= 0.3 is 0 Å². The van der Waals surface area contributed by atoms with Crippen molar-refractivity contribution in [2.24, 2.45) is 0 Å². The predicted molar refractivity (Wildman–Crippen MR) is 66.8 cm³/mol. The average Bonchev–Trinajstić information content (AvgIpc) is 2.70. The van der Waals surface area contributed by atoms with E-state index >= 15 is 0 Å². The van der Waals surface area contributed by atoms with Crippen molar-refractivity contribution >= 4 is 5.95 Å². The van der Waals surface area contributed by atoms with Crippen molar-refractivity contribution in [3.05, 3.63) is 47.8 Å². The van der Waals surface area contributed by atoms with Crippen molar-refractivity contribution in [3.63, 3.8) is 0 Å². The van der Waals surface area contributed by atoms with Gasteiger partial charge in [-0.15, -0.1) is 0 Å². The first-order valence-electron chi connectivity index (χ1n) is 5.50. The van der Waals surface area contributed by atoms with Crippen LogP contribution in [0, 0.1) is 6.92 Å². The number of nitrogens with one attached hydrogen (secondary N) is 1. The number of rotatable bonds is 3. The molecule has 1 atom stereocenters. The highest BCUT2D eigenvalue weighted by molar-refractivity contribution is 5.31. The maximum Gasteiger partial charge on any atom is 0.203 e. The molecule has 1 aromatic carbocycles. The Bertz CT molecular complexity index is 459. The summed E-state index contributed by atoms with van der Waals surface area (Å²) in [5.41, 5.74) is 2.32. The summed E-state index contributed by atoms with van der Waals surface area (Å²) in [4.78, 5) is 4.43. The quantitative estimate of drug-likeness (QED) is 0.853. The van der Waals surface area contributed by atoms with Gasteiger partial charge in [-0.2, -0.15) is 0 Å². The fraction of sp³-hybridized carbons (Fsp3) is 0.308. The molecule has 2 aromatic rings. The summed E-state index contributed by atoms with van der Waals surface area (Å²) < 4.78 is 2.16. The third kappa shape index (κ3) is 1.94. The number of hydrogen-bond donors (Lipinski definition) is 1. The van der Waals surface area contributed by atoms with Gasteiger partial charge in [0.05, 0.1) is 11.7 Å². The topological polar surface area (TPSA) is 29.9 Å². The molecule has 1 heterocycles. The lowest BCUT2D eigenvalue weighted by atomic mass is 10.1. The van der Waals surface area contributed by atoms with Crippen molar-refractivity contribution < 1.29 is 0 Å². The molecule has 0 spiro atoms. The summed E-state index contributed by atoms with van der Waals surface area (Å²) in [5, 5.41) is 3.12. The smallest absolute Gasteiger partial charge is 0.203 e. The van der Waals surface area contributed by atoms with Crippen LogP contribution in [0.3, 0.4) is 0 Å². The molecule has 84 valence electrons. The van der Waals surface area contributed by atoms with Gasteiger partial charge in [0.25, 0.3) is 0 Å². The lowest BCUT2D eigenvalue weighted by Crippen LogP contribution is -2.09. The largest absolute Gasteiger partial charge is 0.359 e. The minimum Gasteiger partial charge on any atom is -0.359 e. The van der Waals surface area contributed by atoms with E-state index in [0.717, 1.165) is 11.6 Å². The molecule has 2 rings (SSSR count). The highest BCUT2D eigenvalue weighted by Crippen LogP contribution is 2.22. The van der Waals surface area contributed by atoms with Crippen LogP contribution in [0.5, 0.6) is 0 Å². The van der Waals surface area contributed by atoms with E-state index in [1.54, 1.807) is 0 Å². The van der Waals surface area contributed by atoms with E-state index in [2.05, 4.69) is 52.3 Å². The lowest BCUT2D eigenvalue weighted by Gasteiger charge is -2.16. The third-order valence-electron chi connectivity index (χ3n) is 2.78. The second-order valence-electron chi connectivity index (χ2n) is 3.95. The Morgan fingerprint density at radius 2 is 1.94 bits per heavy atom. The Balaban J connectivity index is 2.37. The summed E-state index contributed by atoms with van der Waals surface area (Å²) in [6, 6.07) is 10.7. The molecule has 0 fully saturated rings. The van der Waals surface area contributed by atoms with Crippen LogP contribution in [-0.4, -0.2) is 16.6 Å². The Morgan fingerprint density at radius 3 is 2.56 bits per heavy atom. The first-order valence-corrected chi connectivity index (χ1v) is 5.50. The first kappa shape index (κ1) is 10.7. The van der Waals surface area contributed by atoms with E-state index in [1.165, 1.54) is 5.56 Å². The van der Waals surface area contributed by atoms with Gasteiger partial charge in [-0.3, -0.25) is 0 Å². The van der Waals surface area contributed by atoms with Crippen molar-refractivity contribution in [2.45, 2.75) is 19.9 Å². The SMILES string of the molecule is CNc1nc(C)cn1C(C)c1ccccc1. The number of nitrogens with zero attached hydrogens (tertiary/aromatic N) is 2. The van der Waals surface area contributed by atoms with Crippen LogP contribution in [0.15, 0.2) is 36.5 Å². The maximum atomic E-state index is 4.43. The summed E-state index contributed by atoms with van der Waals surface area (Å²) in [6.07, 6.45) is 2.07. The van der Waals surface area contributed by atoms with Gasteiger partial charge in [-0.05, 0) is 19.4 Å². The molecule has 0 radical (unpaired) electrons. The number of aromatic nitrogens is 2. The number of hydrogen-bond acceptors (Lipinski definition) is 2. The predicted octanol–water partition coefficient (Wildman–Crippen LogP) is 2.84. The molecular formula is C13H17N3. The van der Waals surface area contributed by atoms with Gasteiger partial charge in [0.15, 0.2) is 0 Å². The van der Waals surface area contributed by atoms with Crippen LogP contribution < -0.4 is 5.32 Å². The first-order chi connectivity index (χ1) is 7.72. The summed E-state index contributed by atoms with van der Waals surface area (Å²) in [5.74, 6) is 0.911. The molecular weight excluding hydrogens is 198 g/mol. The summed E-state index contributed by atoms with van der Waals surface area (Å²) >= 11 is 0. The molecule has 0 amide bonds. The van der Waals surface area contributed by atoms with E-state index in [1.807, 2.05) is 20.0 Å². The molecule has 0 bridgehead atoms. The van der Waals surface area contributed by atoms with E-state index < -0.39 is 0 Å². The molecule has 0 aliphatic heterocycles. The van der Waals surface area contributed by atoms with E-state index in [4.69, 9.17) is 0 Å². The zero-order chi connectivity index (χ0) is 11.5. The van der Waals surface area contributed by atoms with Gasteiger partial charge in [0.2, 0.25) is 5.95 Å². The number of anilines is 1. The zero-order valence-electron chi connectivity index (χ0n) is 9.94. The molecule has 1 N–H and O–H groups in total. The minimum absolute atomic E-state index is 0.296. The summed E-state index contributed by atoms with van der Waals surface area (Å²) in [6.45, 7) is 4.19. The van der Waals surface area contributed by atoms with E-state index in [0.29, 0.717) is 6.04 Å². The van der Waals surface area contributed by atoms with Crippen molar-refractivity contribution in [1.82, 2.24) is 9.55 Å². The molecule has 0 aliphatic carbocycles. The number of benzene rings is 1. The molecule has 3 heteroatoms. The van der Waals surface area contributed by atoms with Crippen LogP contribution in [0.1, 0.15) is 24.2 Å². The fourth-order valence-electron chi connectivity index (χ4n) is 1.89. The van der Waals surface area contributed by atoms with Gasteiger partial charge in [-0.25, -0.2) is 4.98 Å². The maximum absolute atomic E-state index is 4.43. The van der Waals surface area contributed by atoms with Crippen LogP contribution in [-0.2, 0) is 0 Å². The molecule has 3 nitrogen and oxygen atoms in total. The molecule has 0 aliphatic rings. The van der Waals surface area contributed by atoms with E-state index in [-0.39, 0.29) is 0 Å². The summed E-state index contributed by atoms with van der Waals surface area (Å²) in [7, 11) is 1.90. The lowest BCUT2D eigenvalue weighted by molar-refractivity contribution is 0.645. The Labute approximate surface area is 96.1 Å². The molecule has 0 saturated heterocycles. The van der Waals surface area contributed by atoms with Crippen LogP contribution >= 0.6 is 0 Å². The number of imidazole rings is 1. The molecule has 1 unspecified atom stereocenters. The Morgan fingerprint density at radius 1 is 1.25 bits per heavy atom. The zero-order valence-corrected chi connectivity index (χ0v) is 9.94. The van der Waals surface area contributed by atoms with Gasteiger partial charge in [0, 0.05) is 13.2 Å². The molecule has 0 saturated carbocycles. The second kappa shape index (κ2) is 4.39. The standard InChI is InChI=1S/C13H17N3/c1-10-9-16(13(14-3)15-10)11(2)12-7-5-4-6-8-12/h4-9,11H,1-3H3,(H,14,15). The average molecular weight is 215 g/mol. The third-order valence-corrected chi connectivity index (χ3v) is 2.78. The normalized spacial score (nSPS) is 12.4. The Kier molecular flexibility index (Phi) is 2.95. The van der Waals surface area contributed by atoms with E-state index in [9.17, 15) is 0 Å². The monoisotopic (exact) mass is 215 g/mol. The number of aryl methyl sites for hydroxylation is 1.